The summed E-state index contributed by atoms with van der Waals surface area (Å²) in [6.45, 7) is 0. The summed E-state index contributed by atoms with van der Waals surface area (Å²) < 4.78 is 0. The minimum atomic E-state index is -0.570. The summed E-state index contributed by atoms with van der Waals surface area (Å²) in [5.41, 5.74) is 2.39. The lowest BCUT2D eigenvalue weighted by Gasteiger charge is -2.17. The molecule has 0 saturated heterocycles. The Balaban J connectivity index is 2.25. The van der Waals surface area contributed by atoms with E-state index in [9.17, 15) is 9.59 Å². The summed E-state index contributed by atoms with van der Waals surface area (Å²) in [6, 6.07) is 7.38. The van der Waals surface area contributed by atoms with E-state index < -0.39 is 5.92 Å². The molecule has 72 valence electrons. The van der Waals surface area contributed by atoms with Gasteiger partial charge in [-0.2, -0.15) is 0 Å². The molecule has 1 aromatic rings. The number of hydrogen-bond donors (Lipinski definition) is 0. The summed E-state index contributed by atoms with van der Waals surface area (Å²) >= 11 is 0. The van der Waals surface area contributed by atoms with Crippen molar-refractivity contribution in [3.63, 3.8) is 0 Å². The maximum absolute atomic E-state index is 12.0. The molecular weight excluding hydrogens is 188 g/mol. The third-order valence-corrected chi connectivity index (χ3v) is 2.87. The Morgan fingerprint density at radius 3 is 2.67 bits per heavy atom. The van der Waals surface area contributed by atoms with Crippen molar-refractivity contribution >= 4 is 17.6 Å². The van der Waals surface area contributed by atoms with Crippen molar-refractivity contribution < 1.29 is 9.59 Å². The standard InChI is InChI=1S/C13H8O2/c14-11-6-5-9-7-8-3-1-2-4-10(8)13(15)12(9)11/h1-7,12H. The van der Waals surface area contributed by atoms with E-state index in [1.54, 1.807) is 12.1 Å². The predicted octanol–water partition coefficient (Wildman–Crippen LogP) is 2.02. The van der Waals surface area contributed by atoms with Crippen molar-refractivity contribution in [3.05, 3.63) is 53.1 Å². The van der Waals surface area contributed by atoms with Gasteiger partial charge in [0.05, 0.1) is 0 Å². The molecule has 0 fully saturated rings. The molecule has 0 heterocycles. The lowest BCUT2D eigenvalue weighted by Crippen LogP contribution is -2.24. The Hall–Kier alpha value is -1.96. The monoisotopic (exact) mass is 196 g/mol. The fourth-order valence-corrected chi connectivity index (χ4v) is 2.13. The molecule has 3 rings (SSSR count). The SMILES string of the molecule is O=C1C=CC2=Cc3ccccc3C(=O)C12. The Kier molecular flexibility index (Phi) is 1.54. The Morgan fingerprint density at radius 1 is 1.00 bits per heavy atom. The second-order valence-electron chi connectivity index (χ2n) is 3.76. The molecule has 2 aliphatic carbocycles. The average molecular weight is 196 g/mol. The fraction of sp³-hybridized carbons (Fsp3) is 0.0769. The van der Waals surface area contributed by atoms with Gasteiger partial charge in [-0.05, 0) is 23.3 Å². The van der Waals surface area contributed by atoms with Gasteiger partial charge in [-0.1, -0.05) is 30.3 Å². The van der Waals surface area contributed by atoms with Gasteiger partial charge in [0, 0.05) is 5.56 Å². The molecule has 0 aromatic heterocycles. The molecule has 0 spiro atoms. The second-order valence-corrected chi connectivity index (χ2v) is 3.76. The first kappa shape index (κ1) is 8.36. The van der Waals surface area contributed by atoms with Crippen LogP contribution in [0.25, 0.3) is 6.08 Å². The van der Waals surface area contributed by atoms with Crippen LogP contribution < -0.4 is 0 Å². The lowest BCUT2D eigenvalue weighted by molar-refractivity contribution is -0.115. The molecule has 2 heteroatoms. The van der Waals surface area contributed by atoms with Crippen molar-refractivity contribution in [3.8, 4) is 0 Å². The fourth-order valence-electron chi connectivity index (χ4n) is 2.13. The minimum absolute atomic E-state index is 0.0712. The number of fused-ring (bicyclic) bond motifs is 2. The van der Waals surface area contributed by atoms with E-state index in [-0.39, 0.29) is 11.6 Å². The van der Waals surface area contributed by atoms with Crippen LogP contribution in [0.3, 0.4) is 0 Å². The molecule has 15 heavy (non-hydrogen) atoms. The lowest BCUT2D eigenvalue weighted by atomic mass is 9.83. The third-order valence-electron chi connectivity index (χ3n) is 2.87. The maximum atomic E-state index is 12.0. The number of Topliss-reactive ketones (excluding diaryl/α,β-unsaturated/α-hetero) is 1. The van der Waals surface area contributed by atoms with E-state index in [2.05, 4.69) is 0 Å². The van der Waals surface area contributed by atoms with E-state index in [1.807, 2.05) is 24.3 Å². The van der Waals surface area contributed by atoms with Gasteiger partial charge in [0.25, 0.3) is 0 Å². The van der Waals surface area contributed by atoms with Crippen LogP contribution in [-0.2, 0) is 4.79 Å². The number of carbonyl (C=O) groups excluding carboxylic acids is 2. The van der Waals surface area contributed by atoms with Crippen molar-refractivity contribution in [2.45, 2.75) is 0 Å². The molecule has 0 aliphatic heterocycles. The molecule has 0 radical (unpaired) electrons. The first-order chi connectivity index (χ1) is 7.27. The first-order valence-corrected chi connectivity index (χ1v) is 4.84. The van der Waals surface area contributed by atoms with E-state index in [0.29, 0.717) is 5.56 Å². The van der Waals surface area contributed by atoms with Gasteiger partial charge >= 0.3 is 0 Å². The van der Waals surface area contributed by atoms with Crippen LogP contribution >= 0.6 is 0 Å². The summed E-state index contributed by atoms with van der Waals surface area (Å²) in [6.07, 6.45) is 5.14. The third kappa shape index (κ3) is 1.05. The number of allylic oxidation sites excluding steroid dienone is 3. The number of rotatable bonds is 0. The van der Waals surface area contributed by atoms with Crippen molar-refractivity contribution in [2.24, 2.45) is 5.92 Å². The molecule has 0 amide bonds. The minimum Gasteiger partial charge on any atom is -0.294 e. The van der Waals surface area contributed by atoms with Gasteiger partial charge in [0.2, 0.25) is 0 Å². The molecule has 0 bridgehead atoms. The highest BCUT2D eigenvalue weighted by molar-refractivity contribution is 6.21. The zero-order chi connectivity index (χ0) is 10.4. The number of hydrogen-bond acceptors (Lipinski definition) is 2. The molecule has 1 aromatic carbocycles. The van der Waals surface area contributed by atoms with Crippen LogP contribution in [0, 0.1) is 5.92 Å². The smallest absolute Gasteiger partial charge is 0.178 e. The molecule has 1 atom stereocenters. The van der Waals surface area contributed by atoms with E-state index >= 15 is 0 Å². The van der Waals surface area contributed by atoms with Crippen molar-refractivity contribution in [1.29, 1.82) is 0 Å². The highest BCUT2D eigenvalue weighted by atomic mass is 16.2. The predicted molar refractivity (Wildman–Crippen MR) is 56.4 cm³/mol. The number of carbonyl (C=O) groups is 2. The largest absolute Gasteiger partial charge is 0.294 e. The summed E-state index contributed by atoms with van der Waals surface area (Å²) in [7, 11) is 0. The Morgan fingerprint density at radius 2 is 1.80 bits per heavy atom. The van der Waals surface area contributed by atoms with Crippen LogP contribution in [0.4, 0.5) is 0 Å². The zero-order valence-electron chi connectivity index (χ0n) is 7.94. The molecule has 0 N–H and O–H groups in total. The van der Waals surface area contributed by atoms with Gasteiger partial charge in [-0.3, -0.25) is 9.59 Å². The van der Waals surface area contributed by atoms with Crippen LogP contribution in [0.15, 0.2) is 42.0 Å². The van der Waals surface area contributed by atoms with E-state index in [0.717, 1.165) is 11.1 Å². The Bertz CT molecular complexity index is 535. The van der Waals surface area contributed by atoms with Gasteiger partial charge in [-0.25, -0.2) is 0 Å². The van der Waals surface area contributed by atoms with Crippen molar-refractivity contribution in [2.75, 3.05) is 0 Å². The second kappa shape index (κ2) is 2.76. The maximum Gasteiger partial charge on any atom is 0.178 e. The molecule has 2 aliphatic rings. The van der Waals surface area contributed by atoms with E-state index in [4.69, 9.17) is 0 Å². The number of ketones is 2. The highest BCUT2D eigenvalue weighted by Gasteiger charge is 2.35. The van der Waals surface area contributed by atoms with Crippen LogP contribution in [0.2, 0.25) is 0 Å². The van der Waals surface area contributed by atoms with Crippen LogP contribution in [-0.4, -0.2) is 11.6 Å². The summed E-state index contributed by atoms with van der Waals surface area (Å²) in [4.78, 5) is 23.5. The molecule has 0 saturated carbocycles. The van der Waals surface area contributed by atoms with Crippen molar-refractivity contribution in [1.82, 2.24) is 0 Å². The number of benzene rings is 1. The van der Waals surface area contributed by atoms with Crippen LogP contribution in [0.5, 0.6) is 0 Å². The van der Waals surface area contributed by atoms with Gasteiger partial charge < -0.3 is 0 Å². The molecule has 1 unspecified atom stereocenters. The normalized spacial score (nSPS) is 22.4. The average Bonchev–Trinajstić information content (AvgIpc) is 2.61. The van der Waals surface area contributed by atoms with Crippen LogP contribution in [0.1, 0.15) is 15.9 Å². The summed E-state index contributed by atoms with van der Waals surface area (Å²) in [5.74, 6) is -0.737. The van der Waals surface area contributed by atoms with E-state index in [1.165, 1.54) is 6.08 Å². The molecule has 2 nitrogen and oxygen atoms in total. The first-order valence-electron chi connectivity index (χ1n) is 4.84. The summed E-state index contributed by atoms with van der Waals surface area (Å²) in [5, 5.41) is 0. The quantitative estimate of drug-likeness (QED) is 0.595. The highest BCUT2D eigenvalue weighted by Crippen LogP contribution is 2.33. The topological polar surface area (TPSA) is 34.1 Å². The van der Waals surface area contributed by atoms with Gasteiger partial charge in [0.1, 0.15) is 5.92 Å². The Labute approximate surface area is 86.9 Å². The van der Waals surface area contributed by atoms with Gasteiger partial charge in [-0.15, -0.1) is 0 Å². The molecular formula is C13H8O2. The zero-order valence-corrected chi connectivity index (χ0v) is 7.94. The van der Waals surface area contributed by atoms with Gasteiger partial charge in [0.15, 0.2) is 11.6 Å².